The number of halogens is 1. The highest BCUT2D eigenvalue weighted by atomic mass is 127. The van der Waals surface area contributed by atoms with Crippen LogP contribution in [0.5, 0.6) is 0 Å². The van der Waals surface area contributed by atoms with E-state index >= 15 is 0 Å². The molecule has 0 amide bonds. The number of carbonyl (C=O) groups is 1. The molecule has 0 aromatic heterocycles. The number of hydrogen-bond acceptors (Lipinski definition) is 2. The van der Waals surface area contributed by atoms with Crippen molar-refractivity contribution in [3.8, 4) is 0 Å². The monoisotopic (exact) mass is 305 g/mol. The van der Waals surface area contributed by atoms with Crippen molar-refractivity contribution in [1.29, 1.82) is 0 Å². The predicted molar refractivity (Wildman–Crippen MR) is 63.0 cm³/mol. The van der Waals surface area contributed by atoms with Crippen LogP contribution >= 0.6 is 22.6 Å². The molecule has 0 radical (unpaired) electrons. The van der Waals surface area contributed by atoms with Crippen molar-refractivity contribution in [3.05, 3.63) is 33.4 Å². The molecule has 4 heteroatoms. The van der Waals surface area contributed by atoms with Crippen LogP contribution in [0.2, 0.25) is 0 Å². The summed E-state index contributed by atoms with van der Waals surface area (Å²) >= 11 is 2.22. The average molecular weight is 305 g/mol. The number of benzene rings is 1. The Kier molecular flexibility index (Phi) is 4.34. The molecule has 0 aliphatic carbocycles. The van der Waals surface area contributed by atoms with Crippen molar-refractivity contribution in [2.75, 3.05) is 0 Å². The van der Waals surface area contributed by atoms with Gasteiger partial charge in [-0.05, 0) is 46.7 Å². The molecule has 3 N–H and O–H groups in total. The van der Waals surface area contributed by atoms with E-state index in [-0.39, 0.29) is 12.5 Å². The zero-order valence-electron chi connectivity index (χ0n) is 7.61. The molecule has 1 atom stereocenters. The summed E-state index contributed by atoms with van der Waals surface area (Å²) in [5.74, 6) is -0.800. The summed E-state index contributed by atoms with van der Waals surface area (Å²) in [6.45, 7) is 0. The van der Waals surface area contributed by atoms with Crippen LogP contribution in [0.25, 0.3) is 0 Å². The molecule has 0 bridgehead atoms. The first kappa shape index (κ1) is 11.5. The Bertz CT molecular complexity index is 310. The van der Waals surface area contributed by atoms with Crippen LogP contribution in [0.3, 0.4) is 0 Å². The largest absolute Gasteiger partial charge is 0.481 e. The molecule has 76 valence electrons. The van der Waals surface area contributed by atoms with Gasteiger partial charge >= 0.3 is 5.97 Å². The Labute approximate surface area is 96.4 Å². The van der Waals surface area contributed by atoms with E-state index in [4.69, 9.17) is 10.8 Å². The maximum absolute atomic E-state index is 10.3. The van der Waals surface area contributed by atoms with Crippen molar-refractivity contribution >= 4 is 28.6 Å². The lowest BCUT2D eigenvalue weighted by Crippen LogP contribution is -2.12. The first-order valence-electron chi connectivity index (χ1n) is 4.32. The minimum Gasteiger partial charge on any atom is -0.481 e. The number of aliphatic carboxylic acids is 1. The standard InChI is InChI=1S/C10H12INO2/c11-8-3-1-7(2-4-8)9(12)5-6-10(13)14/h1-4,9H,5-6,12H2,(H,13,14). The van der Waals surface area contributed by atoms with Gasteiger partial charge in [-0.2, -0.15) is 0 Å². The fourth-order valence-electron chi connectivity index (χ4n) is 1.16. The Morgan fingerprint density at radius 2 is 2.00 bits per heavy atom. The lowest BCUT2D eigenvalue weighted by molar-refractivity contribution is -0.137. The average Bonchev–Trinajstić information content (AvgIpc) is 2.15. The minimum atomic E-state index is -0.800. The molecule has 14 heavy (non-hydrogen) atoms. The van der Waals surface area contributed by atoms with Gasteiger partial charge in [0.15, 0.2) is 0 Å². The highest BCUT2D eigenvalue weighted by Gasteiger charge is 2.07. The molecule has 1 unspecified atom stereocenters. The second-order valence-corrected chi connectivity index (χ2v) is 4.34. The first-order valence-corrected chi connectivity index (χ1v) is 5.40. The van der Waals surface area contributed by atoms with Crippen LogP contribution in [0.1, 0.15) is 24.4 Å². The number of hydrogen-bond donors (Lipinski definition) is 2. The summed E-state index contributed by atoms with van der Waals surface area (Å²) in [5, 5.41) is 8.50. The molecular weight excluding hydrogens is 293 g/mol. The van der Waals surface area contributed by atoms with E-state index in [0.29, 0.717) is 6.42 Å². The van der Waals surface area contributed by atoms with Crippen molar-refractivity contribution < 1.29 is 9.90 Å². The zero-order valence-corrected chi connectivity index (χ0v) is 9.77. The molecule has 1 aromatic carbocycles. The lowest BCUT2D eigenvalue weighted by Gasteiger charge is -2.10. The maximum Gasteiger partial charge on any atom is 0.303 e. The normalized spacial score (nSPS) is 12.4. The van der Waals surface area contributed by atoms with Crippen molar-refractivity contribution in [2.45, 2.75) is 18.9 Å². The van der Waals surface area contributed by atoms with Gasteiger partial charge in [0.1, 0.15) is 0 Å². The molecule has 0 saturated heterocycles. The second kappa shape index (κ2) is 5.31. The number of nitrogens with two attached hydrogens (primary N) is 1. The van der Waals surface area contributed by atoms with Gasteiger partial charge in [-0.3, -0.25) is 4.79 Å². The van der Waals surface area contributed by atoms with Gasteiger partial charge in [0.2, 0.25) is 0 Å². The van der Waals surface area contributed by atoms with Crippen LogP contribution < -0.4 is 5.73 Å². The summed E-state index contributed by atoms with van der Waals surface area (Å²) in [4.78, 5) is 10.3. The highest BCUT2D eigenvalue weighted by molar-refractivity contribution is 14.1. The van der Waals surface area contributed by atoms with Gasteiger partial charge in [0.05, 0.1) is 0 Å². The van der Waals surface area contributed by atoms with Gasteiger partial charge in [-0.25, -0.2) is 0 Å². The van der Waals surface area contributed by atoms with Crippen molar-refractivity contribution in [2.24, 2.45) is 5.73 Å². The van der Waals surface area contributed by atoms with E-state index < -0.39 is 5.97 Å². The van der Waals surface area contributed by atoms with Crippen LogP contribution in [-0.2, 0) is 4.79 Å². The fraction of sp³-hybridized carbons (Fsp3) is 0.300. The molecule has 0 heterocycles. The zero-order chi connectivity index (χ0) is 10.6. The summed E-state index contributed by atoms with van der Waals surface area (Å²) in [6.07, 6.45) is 0.600. The molecule has 0 fully saturated rings. The number of carboxylic acid groups (broad SMARTS) is 1. The summed E-state index contributed by atoms with van der Waals surface area (Å²) in [6, 6.07) is 7.64. The third-order valence-electron chi connectivity index (χ3n) is 1.97. The van der Waals surface area contributed by atoms with E-state index in [1.165, 1.54) is 0 Å². The highest BCUT2D eigenvalue weighted by Crippen LogP contribution is 2.16. The summed E-state index contributed by atoms with van der Waals surface area (Å²) < 4.78 is 1.15. The lowest BCUT2D eigenvalue weighted by atomic mass is 10.0. The second-order valence-electron chi connectivity index (χ2n) is 3.09. The molecule has 0 aliphatic heterocycles. The fourth-order valence-corrected chi connectivity index (χ4v) is 1.52. The van der Waals surface area contributed by atoms with E-state index in [9.17, 15) is 4.79 Å². The minimum absolute atomic E-state index is 0.118. The van der Waals surface area contributed by atoms with E-state index in [2.05, 4.69) is 22.6 Å². The Morgan fingerprint density at radius 1 is 1.43 bits per heavy atom. The topological polar surface area (TPSA) is 63.3 Å². The first-order chi connectivity index (χ1) is 6.59. The number of carboxylic acids is 1. The van der Waals surface area contributed by atoms with Gasteiger partial charge in [0.25, 0.3) is 0 Å². The molecule has 1 aromatic rings. The van der Waals surface area contributed by atoms with Crippen LogP contribution in [-0.4, -0.2) is 11.1 Å². The van der Waals surface area contributed by atoms with Crippen LogP contribution in [0, 0.1) is 3.57 Å². The van der Waals surface area contributed by atoms with Crippen LogP contribution in [0.4, 0.5) is 0 Å². The van der Waals surface area contributed by atoms with Gasteiger partial charge in [-0.15, -0.1) is 0 Å². The molecular formula is C10H12INO2. The Morgan fingerprint density at radius 3 is 2.50 bits per heavy atom. The van der Waals surface area contributed by atoms with Crippen molar-refractivity contribution in [1.82, 2.24) is 0 Å². The predicted octanol–water partition coefficient (Wildman–Crippen LogP) is 2.16. The third kappa shape index (κ3) is 3.63. The van der Waals surface area contributed by atoms with Crippen LogP contribution in [0.15, 0.2) is 24.3 Å². The van der Waals surface area contributed by atoms with Gasteiger partial charge in [0, 0.05) is 16.0 Å². The Balaban J connectivity index is 2.56. The molecule has 3 nitrogen and oxygen atoms in total. The summed E-state index contributed by atoms with van der Waals surface area (Å²) in [7, 11) is 0. The number of rotatable bonds is 4. The van der Waals surface area contributed by atoms with E-state index in [1.807, 2.05) is 24.3 Å². The SMILES string of the molecule is NC(CCC(=O)O)c1ccc(I)cc1. The molecule has 0 aliphatic rings. The van der Waals surface area contributed by atoms with Crippen molar-refractivity contribution in [3.63, 3.8) is 0 Å². The third-order valence-corrected chi connectivity index (χ3v) is 2.69. The molecule has 0 spiro atoms. The molecule has 0 saturated carbocycles. The maximum atomic E-state index is 10.3. The van der Waals surface area contributed by atoms with E-state index in [0.717, 1.165) is 9.13 Å². The Hall–Kier alpha value is -0.620. The smallest absolute Gasteiger partial charge is 0.303 e. The van der Waals surface area contributed by atoms with Gasteiger partial charge in [-0.1, -0.05) is 12.1 Å². The van der Waals surface area contributed by atoms with E-state index in [1.54, 1.807) is 0 Å². The quantitative estimate of drug-likeness (QED) is 0.838. The summed E-state index contributed by atoms with van der Waals surface area (Å²) in [5.41, 5.74) is 6.82. The molecule has 1 rings (SSSR count). The van der Waals surface area contributed by atoms with Gasteiger partial charge < -0.3 is 10.8 Å².